The monoisotopic (exact) mass is 719 g/mol. The van der Waals surface area contributed by atoms with E-state index in [0.717, 1.165) is 51.1 Å². The van der Waals surface area contributed by atoms with Crippen LogP contribution < -0.4 is 5.32 Å². The molecule has 2 N–H and O–H groups in total. The van der Waals surface area contributed by atoms with E-state index in [1.165, 1.54) is 63.4 Å². The van der Waals surface area contributed by atoms with Gasteiger partial charge in [0.1, 0.15) is 17.4 Å². The highest BCUT2D eigenvalue weighted by Crippen LogP contribution is 2.54. The highest BCUT2D eigenvalue weighted by atomic mass is 19.1. The number of carbonyl (C=O) groups is 1. The Balaban J connectivity index is 0.981. The number of anilines is 1. The van der Waals surface area contributed by atoms with E-state index in [2.05, 4.69) is 36.5 Å². The zero-order chi connectivity index (χ0) is 37.6. The summed E-state index contributed by atoms with van der Waals surface area (Å²) in [6, 6.07) is 34.4. The van der Waals surface area contributed by atoms with Crippen LogP contribution in [-0.4, -0.2) is 11.0 Å². The third-order valence-electron chi connectivity index (χ3n) is 12.3. The molecule has 1 amide bonds. The fourth-order valence-corrected chi connectivity index (χ4v) is 9.26. The van der Waals surface area contributed by atoms with E-state index in [4.69, 9.17) is 0 Å². The first-order chi connectivity index (χ1) is 26.1. The highest BCUT2D eigenvalue weighted by molar-refractivity contribution is 6.06. The van der Waals surface area contributed by atoms with Crippen molar-refractivity contribution in [2.75, 3.05) is 5.32 Å². The molecule has 1 fully saturated rings. The molecule has 2 aliphatic rings. The number of benzene rings is 6. The summed E-state index contributed by atoms with van der Waals surface area (Å²) in [7, 11) is 0. The number of rotatable bonds is 9. The fourth-order valence-electron chi connectivity index (χ4n) is 9.26. The largest absolute Gasteiger partial charge is 0.507 e. The van der Waals surface area contributed by atoms with Crippen LogP contribution in [0, 0.1) is 11.6 Å². The number of fused-ring (bicyclic) bond motifs is 5. The number of phenolic OH excluding ortho intramolecular Hbond substituents is 1. The molecule has 5 heteroatoms. The minimum Gasteiger partial charge on any atom is -0.507 e. The highest BCUT2D eigenvalue weighted by Gasteiger charge is 2.39. The van der Waals surface area contributed by atoms with E-state index >= 15 is 4.39 Å². The molecule has 0 spiro atoms. The molecule has 0 aliphatic heterocycles. The van der Waals surface area contributed by atoms with Crippen LogP contribution in [0.3, 0.4) is 0 Å². The van der Waals surface area contributed by atoms with Gasteiger partial charge in [0.2, 0.25) is 0 Å². The minimum atomic E-state index is -0.659. The van der Waals surface area contributed by atoms with Gasteiger partial charge in [-0.2, -0.15) is 0 Å². The predicted octanol–water partition coefficient (Wildman–Crippen LogP) is 13.5. The van der Waals surface area contributed by atoms with Gasteiger partial charge in [0.15, 0.2) is 0 Å². The number of hydrogen-bond acceptors (Lipinski definition) is 2. The Morgan fingerprint density at radius 3 is 1.94 bits per heavy atom. The van der Waals surface area contributed by atoms with Gasteiger partial charge < -0.3 is 10.4 Å². The number of hydrogen-bond donors (Lipinski definition) is 2. The molecule has 54 heavy (non-hydrogen) atoms. The lowest BCUT2D eigenvalue weighted by atomic mass is 9.66. The summed E-state index contributed by atoms with van der Waals surface area (Å²) in [5, 5.41) is 13.8. The van der Waals surface area contributed by atoms with Crippen LogP contribution in [0.2, 0.25) is 0 Å². The molecule has 0 bridgehead atoms. The van der Waals surface area contributed by atoms with E-state index in [1.807, 2.05) is 80.6 Å². The van der Waals surface area contributed by atoms with Gasteiger partial charge in [-0.05, 0) is 123 Å². The molecule has 0 saturated heterocycles. The van der Waals surface area contributed by atoms with Crippen molar-refractivity contribution < 1.29 is 18.7 Å². The molecule has 6 aromatic carbocycles. The van der Waals surface area contributed by atoms with Crippen LogP contribution in [-0.2, 0) is 10.8 Å². The molecule has 2 aliphatic carbocycles. The third-order valence-corrected chi connectivity index (χ3v) is 12.3. The van der Waals surface area contributed by atoms with Crippen molar-refractivity contribution in [3.05, 3.63) is 143 Å². The van der Waals surface area contributed by atoms with E-state index in [0.29, 0.717) is 22.2 Å². The lowest BCUT2D eigenvalue weighted by molar-refractivity contribution is 0.102. The zero-order valence-electron chi connectivity index (χ0n) is 31.4. The van der Waals surface area contributed by atoms with Crippen molar-refractivity contribution in [3.8, 4) is 39.1 Å². The lowest BCUT2D eigenvalue weighted by Crippen LogP contribution is -2.29. The minimum absolute atomic E-state index is 0.0960. The van der Waals surface area contributed by atoms with Crippen LogP contribution >= 0.6 is 0 Å². The number of unbranched alkanes of at least 4 members (excludes halogenated alkanes) is 2. The number of carbonyl (C=O) groups excluding carboxylic acids is 1. The summed E-state index contributed by atoms with van der Waals surface area (Å²) in [6.07, 6.45) is 11.7. The maximum Gasteiger partial charge on any atom is 0.255 e. The summed E-state index contributed by atoms with van der Waals surface area (Å²) < 4.78 is 30.2. The zero-order valence-corrected chi connectivity index (χ0v) is 31.4. The van der Waals surface area contributed by atoms with Crippen molar-refractivity contribution in [3.63, 3.8) is 0 Å². The number of nitrogens with one attached hydrogen (secondary N) is 1. The van der Waals surface area contributed by atoms with Crippen molar-refractivity contribution >= 4 is 22.4 Å². The number of amides is 1. The normalized spacial score (nSPS) is 15.5. The Morgan fingerprint density at radius 1 is 0.685 bits per heavy atom. The third kappa shape index (κ3) is 6.28. The lowest BCUT2D eigenvalue weighted by Gasteiger charge is -2.38. The van der Waals surface area contributed by atoms with Crippen molar-refractivity contribution in [1.29, 1.82) is 0 Å². The summed E-state index contributed by atoms with van der Waals surface area (Å²) >= 11 is 0. The van der Waals surface area contributed by atoms with Crippen LogP contribution in [0.5, 0.6) is 5.75 Å². The Morgan fingerprint density at radius 2 is 1.28 bits per heavy atom. The van der Waals surface area contributed by atoms with Gasteiger partial charge >= 0.3 is 0 Å². The number of phenols is 1. The quantitative estimate of drug-likeness (QED) is 0.146. The van der Waals surface area contributed by atoms with Crippen LogP contribution in [0.15, 0.2) is 109 Å². The maximum absolute atomic E-state index is 15.4. The summed E-state index contributed by atoms with van der Waals surface area (Å²) in [6.45, 7) is 6.34. The van der Waals surface area contributed by atoms with Gasteiger partial charge in [-0.15, -0.1) is 0 Å². The molecule has 274 valence electrons. The molecule has 0 radical (unpaired) electrons. The Labute approximate surface area is 317 Å². The summed E-state index contributed by atoms with van der Waals surface area (Å²) in [5.41, 5.74) is 9.77. The molecule has 0 heterocycles. The second-order valence-corrected chi connectivity index (χ2v) is 16.0. The van der Waals surface area contributed by atoms with Gasteiger partial charge in [-0.1, -0.05) is 120 Å². The molecule has 0 atom stereocenters. The molecule has 0 unspecified atom stereocenters. The molecule has 6 aromatic rings. The van der Waals surface area contributed by atoms with Crippen molar-refractivity contribution in [2.24, 2.45) is 0 Å². The molecule has 8 rings (SSSR count). The maximum atomic E-state index is 15.4. The van der Waals surface area contributed by atoms with E-state index in [-0.39, 0.29) is 22.4 Å². The topological polar surface area (TPSA) is 49.3 Å². The van der Waals surface area contributed by atoms with Gasteiger partial charge in [-0.25, -0.2) is 8.78 Å². The van der Waals surface area contributed by atoms with Crippen LogP contribution in [0.1, 0.15) is 106 Å². The average molecular weight is 720 g/mol. The Hall–Kier alpha value is -5.29. The smallest absolute Gasteiger partial charge is 0.255 e. The second kappa shape index (κ2) is 14.2. The Bertz CT molecular complexity index is 2350. The number of aromatic hydroxyl groups is 1. The van der Waals surface area contributed by atoms with E-state index in [9.17, 15) is 14.3 Å². The van der Waals surface area contributed by atoms with Crippen LogP contribution in [0.4, 0.5) is 14.5 Å². The average Bonchev–Trinajstić information content (AvgIpc) is 3.41. The SMILES string of the molecule is CCCCCC1(c2ccc(-c3ccc(C(=O)Nc4ccc(-c5ccc6c(c5)-c5c(cc(O)c7c(F)ccc(F)c57)C6(C)C)cc4)cc3)cc2)CCCCC1. The first-order valence-corrected chi connectivity index (χ1v) is 19.5. The molecular formula is C49H47F2NO2. The van der Waals surface area contributed by atoms with Gasteiger partial charge in [0.05, 0.1) is 5.39 Å². The first-order valence-electron chi connectivity index (χ1n) is 19.5. The molecular weight excluding hydrogens is 673 g/mol. The van der Waals surface area contributed by atoms with Gasteiger partial charge in [-0.3, -0.25) is 4.79 Å². The van der Waals surface area contributed by atoms with Crippen molar-refractivity contribution in [1.82, 2.24) is 0 Å². The second-order valence-electron chi connectivity index (χ2n) is 16.0. The molecule has 0 aromatic heterocycles. The van der Waals surface area contributed by atoms with E-state index in [1.54, 1.807) is 6.07 Å². The summed E-state index contributed by atoms with van der Waals surface area (Å²) in [4.78, 5) is 13.3. The molecule has 3 nitrogen and oxygen atoms in total. The molecule has 1 saturated carbocycles. The Kier molecular flexibility index (Phi) is 9.37. The fraction of sp³-hybridized carbons (Fsp3) is 0.286. The summed E-state index contributed by atoms with van der Waals surface area (Å²) in [5.74, 6) is -1.68. The van der Waals surface area contributed by atoms with Crippen LogP contribution in [0.25, 0.3) is 44.2 Å². The van der Waals surface area contributed by atoms with Gasteiger partial charge in [0.25, 0.3) is 5.91 Å². The van der Waals surface area contributed by atoms with Gasteiger partial charge in [0, 0.05) is 22.1 Å². The predicted molar refractivity (Wildman–Crippen MR) is 217 cm³/mol. The van der Waals surface area contributed by atoms with E-state index < -0.39 is 17.0 Å². The van der Waals surface area contributed by atoms with Crippen molar-refractivity contribution in [2.45, 2.75) is 89.4 Å². The standard InChI is InChI=1S/C49H47F2NO2/c1-4-5-7-26-49(27-8-6-9-28-49)36-19-14-32(15-20-36)31-10-12-34(13-11-31)47(54)52-37-21-16-33(17-22-37)35-18-23-39-38(29-35)44-40(48(39,2)3)30-43(53)45-41(50)24-25-42(51)46(44)45/h10-25,29-30,53H,4-9,26-28H2,1-3H3,(H,52,54). The number of halogens is 2. The first kappa shape index (κ1) is 35.7.